The van der Waals surface area contributed by atoms with Crippen molar-refractivity contribution in [2.24, 2.45) is 5.92 Å². The fourth-order valence-corrected chi connectivity index (χ4v) is 2.59. The van der Waals surface area contributed by atoms with E-state index in [4.69, 9.17) is 16.7 Å². The van der Waals surface area contributed by atoms with Gasteiger partial charge in [0.05, 0.1) is 16.4 Å². The summed E-state index contributed by atoms with van der Waals surface area (Å²) >= 11 is 6.19. The van der Waals surface area contributed by atoms with Gasteiger partial charge in [0.2, 0.25) is 0 Å². The van der Waals surface area contributed by atoms with Crippen molar-refractivity contribution in [3.63, 3.8) is 0 Å². The molecule has 6 heteroatoms. The molecule has 0 heterocycles. The van der Waals surface area contributed by atoms with Crippen LogP contribution in [0.1, 0.15) is 24.0 Å². The van der Waals surface area contributed by atoms with Gasteiger partial charge in [0.1, 0.15) is 0 Å². The van der Waals surface area contributed by atoms with E-state index < -0.39 is 28.5 Å². The molecule has 1 aromatic carbocycles. The van der Waals surface area contributed by atoms with Crippen LogP contribution in [0.3, 0.4) is 0 Å². The molecule has 0 radical (unpaired) electrons. The molecule has 98 valence electrons. The van der Waals surface area contributed by atoms with Gasteiger partial charge in [-0.25, -0.2) is 0 Å². The van der Waals surface area contributed by atoms with E-state index in [0.29, 0.717) is 5.56 Å². The average molecular weight is 279 g/mol. The minimum absolute atomic E-state index is 0.245. The Morgan fingerprint density at radius 1 is 1.28 bits per heavy atom. The van der Waals surface area contributed by atoms with Crippen LogP contribution in [0, 0.1) is 5.92 Å². The van der Waals surface area contributed by atoms with Crippen molar-refractivity contribution in [1.29, 1.82) is 0 Å². The van der Waals surface area contributed by atoms with Crippen LogP contribution in [0.4, 0.5) is 13.2 Å². The molecule has 2 nitrogen and oxygen atoms in total. The Bertz CT molecular complexity index is 461. The molecule has 2 rings (SSSR count). The van der Waals surface area contributed by atoms with E-state index in [9.17, 15) is 18.0 Å². The van der Waals surface area contributed by atoms with Crippen molar-refractivity contribution in [1.82, 2.24) is 0 Å². The van der Waals surface area contributed by atoms with Crippen LogP contribution in [0.5, 0.6) is 0 Å². The van der Waals surface area contributed by atoms with Gasteiger partial charge >= 0.3 is 12.1 Å². The predicted octanol–water partition coefficient (Wildman–Crippen LogP) is 3.63. The van der Waals surface area contributed by atoms with Crippen LogP contribution in [-0.2, 0) is 15.8 Å². The highest BCUT2D eigenvalue weighted by molar-refractivity contribution is 6.25. The number of rotatable bonds is 2. The molecule has 0 atom stereocenters. The molecule has 1 saturated carbocycles. The van der Waals surface area contributed by atoms with E-state index in [1.807, 2.05) is 0 Å². The van der Waals surface area contributed by atoms with Crippen LogP contribution < -0.4 is 0 Å². The Balaban J connectivity index is 2.14. The number of hydrogen-bond acceptors (Lipinski definition) is 1. The number of halogens is 4. The normalized spacial score (nSPS) is 27.7. The summed E-state index contributed by atoms with van der Waals surface area (Å²) in [6.07, 6.45) is -3.88. The lowest BCUT2D eigenvalue weighted by atomic mass is 9.70. The third kappa shape index (κ3) is 2.32. The monoisotopic (exact) mass is 278 g/mol. The van der Waals surface area contributed by atoms with Gasteiger partial charge in [-0.1, -0.05) is 12.1 Å². The Labute approximate surface area is 106 Å². The zero-order valence-electron chi connectivity index (χ0n) is 9.17. The fraction of sp³-hybridized carbons (Fsp3) is 0.417. The lowest BCUT2D eigenvalue weighted by molar-refractivity contribution is -0.145. The van der Waals surface area contributed by atoms with E-state index in [2.05, 4.69) is 0 Å². The Kier molecular flexibility index (Phi) is 3.05. The van der Waals surface area contributed by atoms with Gasteiger partial charge in [0.25, 0.3) is 0 Å². The molecular weight excluding hydrogens is 269 g/mol. The molecular formula is C12H10ClF3O2. The maximum Gasteiger partial charge on any atom is 0.416 e. The molecule has 1 aromatic rings. The van der Waals surface area contributed by atoms with Crippen molar-refractivity contribution in [3.8, 4) is 0 Å². The first-order valence-corrected chi connectivity index (χ1v) is 5.70. The van der Waals surface area contributed by atoms with Gasteiger partial charge < -0.3 is 5.11 Å². The number of aliphatic carboxylic acids is 1. The molecule has 1 N–H and O–H groups in total. The van der Waals surface area contributed by atoms with E-state index in [-0.39, 0.29) is 12.8 Å². The van der Waals surface area contributed by atoms with Crippen molar-refractivity contribution >= 4 is 17.6 Å². The second-order valence-corrected chi connectivity index (χ2v) is 5.21. The highest BCUT2D eigenvalue weighted by atomic mass is 35.5. The van der Waals surface area contributed by atoms with E-state index in [0.717, 1.165) is 12.1 Å². The summed E-state index contributed by atoms with van der Waals surface area (Å²) in [4.78, 5) is 9.84. The van der Waals surface area contributed by atoms with E-state index in [1.54, 1.807) is 0 Å². The summed E-state index contributed by atoms with van der Waals surface area (Å²) in [5.74, 6) is -1.43. The lowest BCUT2D eigenvalue weighted by Gasteiger charge is -2.41. The number of hydrogen-bond donors (Lipinski definition) is 1. The van der Waals surface area contributed by atoms with E-state index in [1.165, 1.54) is 12.1 Å². The van der Waals surface area contributed by atoms with Crippen LogP contribution >= 0.6 is 11.6 Å². The number of carboxylic acids is 1. The van der Waals surface area contributed by atoms with Crippen molar-refractivity contribution < 1.29 is 23.1 Å². The first kappa shape index (κ1) is 13.2. The molecule has 1 aliphatic carbocycles. The zero-order chi connectivity index (χ0) is 13.6. The quantitative estimate of drug-likeness (QED) is 0.839. The maximum atomic E-state index is 12.4. The van der Waals surface area contributed by atoms with Gasteiger partial charge in [-0.15, -0.1) is 11.6 Å². The number of alkyl halides is 4. The second-order valence-electron chi connectivity index (χ2n) is 4.48. The summed E-state index contributed by atoms with van der Waals surface area (Å²) < 4.78 is 37.1. The summed E-state index contributed by atoms with van der Waals surface area (Å²) in [5, 5.41) is 8.76. The molecule has 1 fully saturated rings. The van der Waals surface area contributed by atoms with Crippen LogP contribution in [0.2, 0.25) is 0 Å². The van der Waals surface area contributed by atoms with Gasteiger partial charge in [-0.3, -0.25) is 4.79 Å². The topological polar surface area (TPSA) is 37.3 Å². The average Bonchev–Trinajstić information content (AvgIpc) is 2.23. The smallest absolute Gasteiger partial charge is 0.416 e. The van der Waals surface area contributed by atoms with Crippen molar-refractivity contribution in [2.45, 2.75) is 23.9 Å². The van der Waals surface area contributed by atoms with Crippen LogP contribution in [-0.4, -0.2) is 11.1 Å². The first-order valence-electron chi connectivity index (χ1n) is 5.32. The summed E-state index contributed by atoms with van der Waals surface area (Å²) in [6.45, 7) is 0. The summed E-state index contributed by atoms with van der Waals surface area (Å²) in [6, 6.07) is 4.56. The van der Waals surface area contributed by atoms with Crippen molar-refractivity contribution in [3.05, 3.63) is 35.4 Å². The molecule has 18 heavy (non-hydrogen) atoms. The molecule has 1 aliphatic rings. The molecule has 0 spiro atoms. The summed E-state index contributed by atoms with van der Waals surface area (Å²) in [5.41, 5.74) is -0.199. The Morgan fingerprint density at radius 3 is 2.17 bits per heavy atom. The predicted molar refractivity (Wildman–Crippen MR) is 59.3 cm³/mol. The largest absolute Gasteiger partial charge is 0.481 e. The number of carboxylic acid groups (broad SMARTS) is 1. The minimum atomic E-state index is -4.37. The molecule has 0 unspecified atom stereocenters. The van der Waals surface area contributed by atoms with Gasteiger partial charge in [0.15, 0.2) is 0 Å². The molecule has 0 aromatic heterocycles. The zero-order valence-corrected chi connectivity index (χ0v) is 9.92. The second kappa shape index (κ2) is 4.16. The Morgan fingerprint density at radius 2 is 1.78 bits per heavy atom. The first-order chi connectivity index (χ1) is 8.22. The van der Waals surface area contributed by atoms with Crippen LogP contribution in [0.25, 0.3) is 0 Å². The van der Waals surface area contributed by atoms with E-state index >= 15 is 0 Å². The van der Waals surface area contributed by atoms with Gasteiger partial charge in [0, 0.05) is 0 Å². The maximum absolute atomic E-state index is 12.4. The standard InChI is InChI=1S/C12H10ClF3O2/c13-11(5-7(6-11)10(17)18)8-1-3-9(4-2-8)12(14,15)16/h1-4,7H,5-6H2,(H,17,18). The molecule has 0 bridgehead atoms. The minimum Gasteiger partial charge on any atom is -0.481 e. The molecule has 0 aliphatic heterocycles. The third-order valence-electron chi connectivity index (χ3n) is 3.22. The SMILES string of the molecule is O=C(O)C1CC(Cl)(c2ccc(C(F)(F)F)cc2)C1. The number of carbonyl (C=O) groups is 1. The summed E-state index contributed by atoms with van der Waals surface area (Å²) in [7, 11) is 0. The number of benzene rings is 1. The highest BCUT2D eigenvalue weighted by Gasteiger charge is 2.47. The van der Waals surface area contributed by atoms with Gasteiger partial charge in [-0.05, 0) is 30.5 Å². The van der Waals surface area contributed by atoms with Crippen molar-refractivity contribution in [2.75, 3.05) is 0 Å². The van der Waals surface area contributed by atoms with Crippen LogP contribution in [0.15, 0.2) is 24.3 Å². The fourth-order valence-electron chi connectivity index (χ4n) is 2.09. The third-order valence-corrected chi connectivity index (χ3v) is 3.75. The van der Waals surface area contributed by atoms with Gasteiger partial charge in [-0.2, -0.15) is 13.2 Å². The molecule has 0 saturated heterocycles. The Hall–Kier alpha value is -1.23. The molecule has 0 amide bonds. The lowest BCUT2D eigenvalue weighted by Crippen LogP contribution is -2.40. The highest BCUT2D eigenvalue weighted by Crippen LogP contribution is 2.51.